The van der Waals surface area contributed by atoms with Gasteiger partial charge in [0.05, 0.1) is 6.26 Å². The molecule has 2 nitrogen and oxygen atoms in total. The first-order valence-electron chi connectivity index (χ1n) is 1.54. The molecule has 0 saturated carbocycles. The molecule has 0 bridgehead atoms. The van der Waals surface area contributed by atoms with Crippen LogP contribution in [-0.4, -0.2) is 5.11 Å². The SMILES string of the molecule is Oc1[c]occ1. The summed E-state index contributed by atoms with van der Waals surface area (Å²) in [6, 6.07) is 1.42. The summed E-state index contributed by atoms with van der Waals surface area (Å²) in [4.78, 5) is 0. The molecule has 0 aliphatic carbocycles. The van der Waals surface area contributed by atoms with E-state index >= 15 is 0 Å². The molecule has 0 aliphatic rings. The second-order valence-electron chi connectivity index (χ2n) is 0.908. The monoisotopic (exact) mass is 83.0 g/mol. The Morgan fingerprint density at radius 1 is 1.83 bits per heavy atom. The molecule has 0 unspecified atom stereocenters. The Bertz CT molecular complexity index is 109. The maximum atomic E-state index is 8.32. The van der Waals surface area contributed by atoms with Gasteiger partial charge in [0.2, 0.25) is 6.26 Å². The Hall–Kier alpha value is -0.920. The Morgan fingerprint density at radius 2 is 2.67 bits per heavy atom. The largest absolute Gasteiger partial charge is 0.504 e. The molecule has 0 fully saturated rings. The summed E-state index contributed by atoms with van der Waals surface area (Å²) in [6.07, 6.45) is 3.54. The molecular weight excluding hydrogens is 80.0 g/mol. The lowest BCUT2D eigenvalue weighted by Crippen LogP contribution is -1.41. The van der Waals surface area contributed by atoms with E-state index in [9.17, 15) is 0 Å². The molecule has 0 aromatic carbocycles. The highest BCUT2D eigenvalue weighted by Crippen LogP contribution is 2.03. The smallest absolute Gasteiger partial charge is 0.214 e. The predicted octanol–water partition coefficient (Wildman–Crippen LogP) is 0.785. The lowest BCUT2D eigenvalue weighted by molar-refractivity contribution is 0.454. The highest BCUT2D eigenvalue weighted by molar-refractivity contribution is 5.07. The van der Waals surface area contributed by atoms with Crippen LogP contribution in [0.4, 0.5) is 0 Å². The standard InChI is InChI=1S/C4H3O2/c5-4-1-2-6-3-4/h1-2,5H. The molecule has 6 heavy (non-hydrogen) atoms. The van der Waals surface area contributed by atoms with Crippen molar-refractivity contribution in [2.45, 2.75) is 0 Å². The van der Waals surface area contributed by atoms with Gasteiger partial charge in [-0.2, -0.15) is 0 Å². The predicted molar refractivity (Wildman–Crippen MR) is 19.2 cm³/mol. The maximum Gasteiger partial charge on any atom is 0.214 e. The average Bonchev–Trinajstić information content (AvgIpc) is 1.86. The lowest BCUT2D eigenvalue weighted by atomic mass is 10.6. The second-order valence-corrected chi connectivity index (χ2v) is 0.908. The van der Waals surface area contributed by atoms with Crippen LogP contribution in [0.5, 0.6) is 5.75 Å². The van der Waals surface area contributed by atoms with Crippen molar-refractivity contribution in [2.75, 3.05) is 0 Å². The van der Waals surface area contributed by atoms with Crippen molar-refractivity contribution in [2.24, 2.45) is 0 Å². The summed E-state index contributed by atoms with van der Waals surface area (Å²) in [5, 5.41) is 8.32. The molecule has 0 aliphatic heterocycles. The van der Waals surface area contributed by atoms with Crippen molar-refractivity contribution >= 4 is 0 Å². The molecule has 1 aromatic heterocycles. The van der Waals surface area contributed by atoms with Gasteiger partial charge in [-0.25, -0.2) is 0 Å². The van der Waals surface area contributed by atoms with Crippen molar-refractivity contribution < 1.29 is 9.52 Å². The Labute approximate surface area is 35.0 Å². The van der Waals surface area contributed by atoms with Gasteiger partial charge in [0.15, 0.2) is 5.75 Å². The van der Waals surface area contributed by atoms with Crippen molar-refractivity contribution in [3.8, 4) is 5.75 Å². The first kappa shape index (κ1) is 3.28. The number of hydrogen-bond donors (Lipinski definition) is 1. The van der Waals surface area contributed by atoms with E-state index in [0.717, 1.165) is 0 Å². The van der Waals surface area contributed by atoms with Crippen LogP contribution in [0, 0.1) is 6.26 Å². The van der Waals surface area contributed by atoms with E-state index in [1.54, 1.807) is 0 Å². The third-order valence-electron chi connectivity index (χ3n) is 0.457. The summed E-state index contributed by atoms with van der Waals surface area (Å²) >= 11 is 0. The van der Waals surface area contributed by atoms with E-state index in [1.165, 1.54) is 12.3 Å². The van der Waals surface area contributed by atoms with Crippen LogP contribution in [0.2, 0.25) is 0 Å². The lowest BCUT2D eigenvalue weighted by Gasteiger charge is -1.64. The highest BCUT2D eigenvalue weighted by Gasteiger charge is 1.81. The fourth-order valence-electron chi connectivity index (χ4n) is 0.227. The second kappa shape index (κ2) is 1.05. The van der Waals surface area contributed by atoms with Crippen LogP contribution in [0.1, 0.15) is 0 Å². The molecular formula is C4H3O2. The quantitative estimate of drug-likeness (QED) is 0.503. The zero-order valence-corrected chi connectivity index (χ0v) is 3.01. The summed E-state index contributed by atoms with van der Waals surface area (Å²) in [6.45, 7) is 0. The van der Waals surface area contributed by atoms with Crippen molar-refractivity contribution in [3.05, 3.63) is 18.6 Å². The minimum absolute atomic E-state index is 0.0509. The molecule has 1 heterocycles. The molecule has 0 amide bonds. The Balaban J connectivity index is 3.05. The molecule has 1 rings (SSSR count). The highest BCUT2D eigenvalue weighted by atomic mass is 16.3. The summed E-state index contributed by atoms with van der Waals surface area (Å²) in [5.41, 5.74) is 0. The van der Waals surface area contributed by atoms with Gasteiger partial charge in [0, 0.05) is 6.07 Å². The van der Waals surface area contributed by atoms with Gasteiger partial charge in [-0.05, 0) is 0 Å². The maximum absolute atomic E-state index is 8.32. The molecule has 1 aromatic rings. The van der Waals surface area contributed by atoms with Crippen LogP contribution in [0.15, 0.2) is 16.7 Å². The zero-order chi connectivity index (χ0) is 4.41. The van der Waals surface area contributed by atoms with Gasteiger partial charge in [-0.1, -0.05) is 0 Å². The van der Waals surface area contributed by atoms with E-state index in [4.69, 9.17) is 5.11 Å². The molecule has 0 spiro atoms. The molecule has 0 saturated heterocycles. The first-order valence-corrected chi connectivity index (χ1v) is 1.54. The van der Waals surface area contributed by atoms with E-state index in [1.807, 2.05) is 0 Å². The zero-order valence-electron chi connectivity index (χ0n) is 3.01. The Morgan fingerprint density at radius 3 is 2.83 bits per heavy atom. The van der Waals surface area contributed by atoms with Crippen LogP contribution < -0.4 is 0 Å². The summed E-state index contributed by atoms with van der Waals surface area (Å²) < 4.78 is 4.34. The van der Waals surface area contributed by atoms with Crippen molar-refractivity contribution in [1.82, 2.24) is 0 Å². The van der Waals surface area contributed by atoms with Crippen LogP contribution in [0.25, 0.3) is 0 Å². The molecule has 0 atom stereocenters. The van der Waals surface area contributed by atoms with Crippen molar-refractivity contribution in [3.63, 3.8) is 0 Å². The first-order chi connectivity index (χ1) is 2.89. The van der Waals surface area contributed by atoms with E-state index in [2.05, 4.69) is 10.7 Å². The fraction of sp³-hybridized carbons (Fsp3) is 0. The molecule has 1 N–H and O–H groups in total. The van der Waals surface area contributed by atoms with Crippen LogP contribution >= 0.6 is 0 Å². The topological polar surface area (TPSA) is 33.4 Å². The number of furan rings is 1. The average molecular weight is 83.1 g/mol. The molecule has 2 heteroatoms. The van der Waals surface area contributed by atoms with Gasteiger partial charge in [0.25, 0.3) is 0 Å². The Kier molecular flexibility index (Phi) is 0.572. The van der Waals surface area contributed by atoms with E-state index in [0.29, 0.717) is 0 Å². The van der Waals surface area contributed by atoms with E-state index < -0.39 is 0 Å². The van der Waals surface area contributed by atoms with E-state index in [-0.39, 0.29) is 5.75 Å². The van der Waals surface area contributed by atoms with Gasteiger partial charge in [0.1, 0.15) is 0 Å². The minimum atomic E-state index is 0.0509. The molecule has 1 radical (unpaired) electrons. The van der Waals surface area contributed by atoms with Crippen LogP contribution in [-0.2, 0) is 0 Å². The van der Waals surface area contributed by atoms with Crippen molar-refractivity contribution in [1.29, 1.82) is 0 Å². The minimum Gasteiger partial charge on any atom is -0.504 e. The third-order valence-corrected chi connectivity index (χ3v) is 0.457. The van der Waals surface area contributed by atoms with Gasteiger partial charge in [-0.3, -0.25) is 0 Å². The third kappa shape index (κ3) is 0.360. The fourth-order valence-corrected chi connectivity index (χ4v) is 0.227. The van der Waals surface area contributed by atoms with Gasteiger partial charge >= 0.3 is 0 Å². The molecule has 31 valence electrons. The summed E-state index contributed by atoms with van der Waals surface area (Å²) in [5.74, 6) is 0.0509. The normalized spacial score (nSPS) is 8.67. The number of rotatable bonds is 0. The summed E-state index contributed by atoms with van der Waals surface area (Å²) in [7, 11) is 0. The van der Waals surface area contributed by atoms with Gasteiger partial charge in [-0.15, -0.1) is 0 Å². The van der Waals surface area contributed by atoms with Crippen LogP contribution in [0.3, 0.4) is 0 Å². The number of aromatic hydroxyl groups is 1. The number of hydrogen-bond acceptors (Lipinski definition) is 2. The van der Waals surface area contributed by atoms with Gasteiger partial charge < -0.3 is 9.52 Å².